The van der Waals surface area contributed by atoms with Crippen LogP contribution >= 0.6 is 0 Å². The van der Waals surface area contributed by atoms with E-state index in [0.29, 0.717) is 38.2 Å². The number of imidazole rings is 1. The van der Waals surface area contributed by atoms with Crippen molar-refractivity contribution in [3.63, 3.8) is 0 Å². The number of carbonyl (C=O) groups is 2. The fraction of sp³-hybridized carbons (Fsp3) is 0.571. The third kappa shape index (κ3) is 4.00. The fourth-order valence-electron chi connectivity index (χ4n) is 4.52. The molecule has 0 unspecified atom stereocenters. The van der Waals surface area contributed by atoms with Crippen LogP contribution in [0.5, 0.6) is 0 Å². The molecule has 1 aromatic carbocycles. The molecule has 2 aliphatic rings. The average molecular weight is 399 g/mol. The van der Waals surface area contributed by atoms with Gasteiger partial charge in [0.2, 0.25) is 5.91 Å². The highest BCUT2D eigenvalue weighted by Crippen LogP contribution is 2.22. The number of hydrogen-bond acceptors (Lipinski definition) is 5. The number of aliphatic hydroxyl groups is 1. The normalized spacial score (nSPS) is 24.0. The predicted octanol–water partition coefficient (Wildman–Crippen LogP) is 0.703. The van der Waals surface area contributed by atoms with Gasteiger partial charge in [-0.15, -0.1) is 0 Å². The highest BCUT2D eigenvalue weighted by Gasteiger charge is 2.33. The molecule has 1 N–H and O–H groups in total. The number of piperazine rings is 1. The minimum atomic E-state index is -0.463. The summed E-state index contributed by atoms with van der Waals surface area (Å²) in [5, 5.41) is 10.7. The summed E-state index contributed by atoms with van der Waals surface area (Å²) in [6.45, 7) is 5.70. The molecule has 156 valence electrons. The first-order valence-corrected chi connectivity index (χ1v) is 10.3. The van der Waals surface area contributed by atoms with Crippen LogP contribution < -0.4 is 0 Å². The number of benzene rings is 1. The summed E-state index contributed by atoms with van der Waals surface area (Å²) in [6, 6.07) is 5.66. The third-order valence-electron chi connectivity index (χ3n) is 6.32. The molecule has 0 radical (unpaired) electrons. The largest absolute Gasteiger partial charge is 0.391 e. The van der Waals surface area contributed by atoms with Crippen LogP contribution in [0.1, 0.15) is 30.1 Å². The van der Waals surface area contributed by atoms with E-state index in [1.165, 1.54) is 0 Å². The second kappa shape index (κ2) is 8.12. The Balaban J connectivity index is 1.42. The number of likely N-dealkylation sites (tertiary alicyclic amines) is 1. The number of amides is 2. The summed E-state index contributed by atoms with van der Waals surface area (Å²) in [7, 11) is 1.93. The maximum atomic E-state index is 13.1. The molecular formula is C21H29N5O3. The van der Waals surface area contributed by atoms with E-state index in [4.69, 9.17) is 0 Å². The molecule has 3 heterocycles. The summed E-state index contributed by atoms with van der Waals surface area (Å²) < 4.78 is 1.93. The molecule has 2 amide bonds. The molecule has 2 saturated heterocycles. The Labute approximate surface area is 170 Å². The van der Waals surface area contributed by atoms with Gasteiger partial charge in [-0.05, 0) is 31.0 Å². The second-order valence-electron chi connectivity index (χ2n) is 8.11. The summed E-state index contributed by atoms with van der Waals surface area (Å²) in [5.41, 5.74) is 2.45. The Kier molecular flexibility index (Phi) is 5.56. The fourth-order valence-corrected chi connectivity index (χ4v) is 4.52. The molecule has 2 aromatic rings. The Morgan fingerprint density at radius 3 is 2.48 bits per heavy atom. The molecule has 0 spiro atoms. The van der Waals surface area contributed by atoms with Gasteiger partial charge in [0.1, 0.15) is 0 Å². The molecule has 29 heavy (non-hydrogen) atoms. The number of hydrogen-bond donors (Lipinski definition) is 1. The zero-order valence-electron chi connectivity index (χ0n) is 17.1. The van der Waals surface area contributed by atoms with E-state index in [-0.39, 0.29) is 17.9 Å². The van der Waals surface area contributed by atoms with Crippen LogP contribution in [0.4, 0.5) is 0 Å². The van der Waals surface area contributed by atoms with Crippen molar-refractivity contribution in [3.8, 4) is 0 Å². The minimum absolute atomic E-state index is 0.00759. The molecule has 2 atom stereocenters. The number of aliphatic hydroxyl groups excluding tert-OH is 1. The molecular weight excluding hydrogens is 370 g/mol. The van der Waals surface area contributed by atoms with E-state index in [0.717, 1.165) is 30.5 Å². The quantitative estimate of drug-likeness (QED) is 0.804. The number of fused-ring (bicyclic) bond motifs is 1. The summed E-state index contributed by atoms with van der Waals surface area (Å²) in [5.74, 6) is 0.0968. The van der Waals surface area contributed by atoms with Crippen molar-refractivity contribution in [1.29, 1.82) is 0 Å². The van der Waals surface area contributed by atoms with Gasteiger partial charge in [-0.2, -0.15) is 0 Å². The first-order chi connectivity index (χ1) is 13.9. The van der Waals surface area contributed by atoms with Crippen LogP contribution in [-0.2, 0) is 11.8 Å². The Morgan fingerprint density at radius 2 is 1.76 bits per heavy atom. The molecule has 0 saturated carbocycles. The first kappa shape index (κ1) is 19.8. The maximum Gasteiger partial charge on any atom is 0.253 e. The number of aromatic nitrogens is 2. The lowest BCUT2D eigenvalue weighted by Crippen LogP contribution is -2.54. The van der Waals surface area contributed by atoms with Crippen molar-refractivity contribution in [2.24, 2.45) is 7.05 Å². The van der Waals surface area contributed by atoms with Crippen LogP contribution in [0.3, 0.4) is 0 Å². The molecule has 0 aliphatic carbocycles. The van der Waals surface area contributed by atoms with Crippen LogP contribution in [0.2, 0.25) is 0 Å². The van der Waals surface area contributed by atoms with E-state index in [1.807, 2.05) is 39.6 Å². The molecule has 2 fully saturated rings. The van der Waals surface area contributed by atoms with Crippen molar-refractivity contribution < 1.29 is 14.7 Å². The highest BCUT2D eigenvalue weighted by molar-refractivity contribution is 5.97. The van der Waals surface area contributed by atoms with Gasteiger partial charge in [0.05, 0.1) is 23.5 Å². The molecule has 1 aromatic heterocycles. The zero-order chi connectivity index (χ0) is 20.5. The number of rotatable bonds is 2. The lowest BCUT2D eigenvalue weighted by Gasteiger charge is -2.40. The monoisotopic (exact) mass is 399 g/mol. The number of carbonyl (C=O) groups excluding carboxylic acids is 2. The van der Waals surface area contributed by atoms with Crippen molar-refractivity contribution >= 4 is 22.8 Å². The number of aryl methyl sites for hydroxylation is 1. The summed E-state index contributed by atoms with van der Waals surface area (Å²) in [6.07, 6.45) is 2.58. The van der Waals surface area contributed by atoms with Crippen LogP contribution in [-0.4, -0.2) is 92.6 Å². The molecule has 0 bridgehead atoms. The lowest BCUT2D eigenvalue weighted by atomic mass is 10.0. The predicted molar refractivity (Wildman–Crippen MR) is 109 cm³/mol. The Bertz CT molecular complexity index is 903. The topological polar surface area (TPSA) is 81.9 Å². The lowest BCUT2D eigenvalue weighted by molar-refractivity contribution is -0.131. The zero-order valence-corrected chi connectivity index (χ0v) is 17.1. The first-order valence-electron chi connectivity index (χ1n) is 10.3. The summed E-state index contributed by atoms with van der Waals surface area (Å²) >= 11 is 0. The maximum absolute atomic E-state index is 13.1. The van der Waals surface area contributed by atoms with Gasteiger partial charge in [-0.25, -0.2) is 4.98 Å². The average Bonchev–Trinajstić information content (AvgIpc) is 2.98. The van der Waals surface area contributed by atoms with E-state index >= 15 is 0 Å². The Morgan fingerprint density at radius 1 is 1.03 bits per heavy atom. The van der Waals surface area contributed by atoms with Crippen molar-refractivity contribution in [1.82, 2.24) is 24.3 Å². The third-order valence-corrected chi connectivity index (χ3v) is 6.32. The van der Waals surface area contributed by atoms with Crippen molar-refractivity contribution in [2.75, 3.05) is 39.3 Å². The van der Waals surface area contributed by atoms with Gasteiger partial charge in [-0.1, -0.05) is 0 Å². The van der Waals surface area contributed by atoms with Crippen LogP contribution in [0.15, 0.2) is 24.5 Å². The van der Waals surface area contributed by atoms with Crippen LogP contribution in [0.25, 0.3) is 11.0 Å². The summed E-state index contributed by atoms with van der Waals surface area (Å²) in [4.78, 5) is 34.9. The molecule has 8 nitrogen and oxygen atoms in total. The highest BCUT2D eigenvalue weighted by atomic mass is 16.3. The van der Waals surface area contributed by atoms with E-state index < -0.39 is 6.10 Å². The van der Waals surface area contributed by atoms with Gasteiger partial charge < -0.3 is 19.5 Å². The van der Waals surface area contributed by atoms with Gasteiger partial charge in [-0.3, -0.25) is 14.5 Å². The van der Waals surface area contributed by atoms with Gasteiger partial charge in [0, 0.05) is 64.8 Å². The van der Waals surface area contributed by atoms with E-state index in [2.05, 4.69) is 9.88 Å². The van der Waals surface area contributed by atoms with E-state index in [1.54, 1.807) is 13.3 Å². The van der Waals surface area contributed by atoms with Crippen molar-refractivity contribution in [3.05, 3.63) is 30.1 Å². The van der Waals surface area contributed by atoms with Gasteiger partial charge in [0.15, 0.2) is 0 Å². The Hall–Kier alpha value is -2.45. The second-order valence-corrected chi connectivity index (χ2v) is 8.11. The number of nitrogens with zero attached hydrogens (tertiary/aromatic N) is 5. The SMILES string of the molecule is CC(=O)N1CCN([C@H]2CCN(C(=O)c3ccc4c(c3)ncn4C)CC[C@@H]2O)CC1. The van der Waals surface area contributed by atoms with Crippen molar-refractivity contribution in [2.45, 2.75) is 31.9 Å². The van der Waals surface area contributed by atoms with Gasteiger partial charge >= 0.3 is 0 Å². The van der Waals surface area contributed by atoms with Gasteiger partial charge in [0.25, 0.3) is 5.91 Å². The van der Waals surface area contributed by atoms with E-state index in [9.17, 15) is 14.7 Å². The smallest absolute Gasteiger partial charge is 0.253 e. The molecule has 2 aliphatic heterocycles. The molecule has 8 heteroatoms. The standard InChI is InChI=1S/C21H29N5O3/c1-15(27)24-9-11-25(12-10-24)19-5-7-26(8-6-20(19)28)21(29)16-3-4-18-17(13-16)22-14-23(18)2/h3-4,13-14,19-20,28H,5-12H2,1-2H3/t19-,20-/m0/s1. The van der Waals surface area contributed by atoms with Crippen LogP contribution in [0, 0.1) is 0 Å². The minimum Gasteiger partial charge on any atom is -0.391 e. The molecule has 4 rings (SSSR count).